The van der Waals surface area contributed by atoms with E-state index in [1.165, 1.54) is 6.42 Å². The van der Waals surface area contributed by atoms with Crippen LogP contribution in [0.15, 0.2) is 12.3 Å². The second kappa shape index (κ2) is 4.26. The average molecular weight is 286 g/mol. The van der Waals surface area contributed by atoms with Crippen molar-refractivity contribution in [1.29, 1.82) is 0 Å². The Bertz CT molecular complexity index is 586. The molecular weight excluding hydrogens is 264 g/mol. The lowest BCUT2D eigenvalue weighted by Gasteiger charge is -2.61. The summed E-state index contributed by atoms with van der Waals surface area (Å²) in [5.41, 5.74) is 7.19. The van der Waals surface area contributed by atoms with Crippen LogP contribution in [0.3, 0.4) is 0 Å². The molecule has 5 rings (SSSR count). The number of nitrogens with two attached hydrogens (primary N) is 1. The first-order valence-electron chi connectivity index (χ1n) is 7.86. The van der Waals surface area contributed by atoms with Gasteiger partial charge in [-0.2, -0.15) is 0 Å². The molecule has 1 heterocycles. The molecule has 2 atom stereocenters. The summed E-state index contributed by atoms with van der Waals surface area (Å²) < 4.78 is 0. The zero-order valence-corrected chi connectivity index (χ0v) is 12.4. The first-order chi connectivity index (χ1) is 9.95. The van der Waals surface area contributed by atoms with Crippen molar-refractivity contribution in [2.45, 2.75) is 56.5 Å². The zero-order chi connectivity index (χ0) is 14.7. The van der Waals surface area contributed by atoms with Crippen LogP contribution >= 0.6 is 0 Å². The molecule has 1 aromatic heterocycles. The third-order valence-electron chi connectivity index (χ3n) is 5.48. The second-order valence-electron chi connectivity index (χ2n) is 7.58. The molecule has 4 bridgehead atoms. The molecule has 0 aromatic carbocycles. The molecule has 5 heteroatoms. The van der Waals surface area contributed by atoms with Gasteiger partial charge in [0.1, 0.15) is 0 Å². The van der Waals surface area contributed by atoms with Crippen LogP contribution in [-0.2, 0) is 0 Å². The van der Waals surface area contributed by atoms with Crippen LogP contribution in [0, 0.1) is 18.8 Å². The molecule has 0 spiro atoms. The maximum atomic E-state index is 12.5. The largest absolute Gasteiger partial charge is 0.344 e. The fraction of sp³-hybridized carbons (Fsp3) is 0.688. The average Bonchev–Trinajstić information content (AvgIpc) is 2.34. The van der Waals surface area contributed by atoms with Crippen LogP contribution in [0.2, 0.25) is 0 Å². The first kappa shape index (κ1) is 13.2. The smallest absolute Gasteiger partial charge is 0.289 e. The van der Waals surface area contributed by atoms with Crippen molar-refractivity contribution >= 4 is 5.91 Å². The monoisotopic (exact) mass is 286 g/mol. The molecule has 3 N–H and O–H groups in total. The second-order valence-corrected chi connectivity index (χ2v) is 7.58. The summed E-state index contributed by atoms with van der Waals surface area (Å²) in [5.74, 6) is 1.48. The topological polar surface area (TPSA) is 80.9 Å². The number of carbonyl (C=O) groups excluding carboxylic acids is 1. The van der Waals surface area contributed by atoms with Crippen LogP contribution in [0.1, 0.15) is 54.8 Å². The van der Waals surface area contributed by atoms with E-state index in [9.17, 15) is 4.79 Å². The predicted molar refractivity (Wildman–Crippen MR) is 78.6 cm³/mol. The molecule has 0 aliphatic heterocycles. The lowest BCUT2D eigenvalue weighted by Crippen LogP contribution is -2.68. The molecule has 4 saturated carbocycles. The van der Waals surface area contributed by atoms with Gasteiger partial charge >= 0.3 is 0 Å². The Morgan fingerprint density at radius 3 is 2.67 bits per heavy atom. The summed E-state index contributed by atoms with van der Waals surface area (Å²) in [6, 6.07) is 1.80. The van der Waals surface area contributed by atoms with Crippen molar-refractivity contribution in [2.24, 2.45) is 17.6 Å². The molecule has 0 radical (unpaired) electrons. The van der Waals surface area contributed by atoms with E-state index in [2.05, 4.69) is 15.3 Å². The maximum absolute atomic E-state index is 12.5. The molecule has 0 saturated heterocycles. The molecular formula is C16H22N4O. The highest BCUT2D eigenvalue weighted by atomic mass is 16.2. The van der Waals surface area contributed by atoms with Gasteiger partial charge in [-0.05, 0) is 63.4 Å². The minimum Gasteiger partial charge on any atom is -0.344 e. The summed E-state index contributed by atoms with van der Waals surface area (Å²) in [6.45, 7) is 1.87. The molecule has 112 valence electrons. The van der Waals surface area contributed by atoms with E-state index in [0.717, 1.165) is 37.8 Å². The van der Waals surface area contributed by atoms with E-state index in [1.807, 2.05) is 6.92 Å². The van der Waals surface area contributed by atoms with Crippen molar-refractivity contribution in [2.75, 3.05) is 0 Å². The van der Waals surface area contributed by atoms with Crippen LogP contribution in [0.4, 0.5) is 0 Å². The van der Waals surface area contributed by atoms with Gasteiger partial charge in [0.2, 0.25) is 5.82 Å². The molecule has 4 aliphatic carbocycles. The minimum absolute atomic E-state index is 0.0647. The zero-order valence-electron chi connectivity index (χ0n) is 12.4. The Hall–Kier alpha value is -1.49. The Morgan fingerprint density at radius 2 is 2.05 bits per heavy atom. The van der Waals surface area contributed by atoms with Crippen molar-refractivity contribution in [3.05, 3.63) is 23.8 Å². The predicted octanol–water partition coefficient (Wildman–Crippen LogP) is 1.56. The molecule has 1 amide bonds. The van der Waals surface area contributed by atoms with Gasteiger partial charge in [-0.15, -0.1) is 0 Å². The number of carbonyl (C=O) groups is 1. The summed E-state index contributed by atoms with van der Waals surface area (Å²) in [7, 11) is 0. The summed E-state index contributed by atoms with van der Waals surface area (Å²) in [4.78, 5) is 20.8. The highest BCUT2D eigenvalue weighted by Gasteiger charge is 2.56. The number of aryl methyl sites for hydroxylation is 1. The lowest BCUT2D eigenvalue weighted by molar-refractivity contribution is -0.0322. The maximum Gasteiger partial charge on any atom is 0.289 e. The third kappa shape index (κ3) is 2.24. The molecule has 5 nitrogen and oxygen atoms in total. The quantitative estimate of drug-likeness (QED) is 0.864. The Balaban J connectivity index is 1.58. The summed E-state index contributed by atoms with van der Waals surface area (Å²) in [6.07, 6.45) is 8.23. The van der Waals surface area contributed by atoms with Crippen LogP contribution in [0.25, 0.3) is 0 Å². The fourth-order valence-electron chi connectivity index (χ4n) is 5.33. The van der Waals surface area contributed by atoms with E-state index >= 15 is 0 Å². The van der Waals surface area contributed by atoms with Gasteiger partial charge in [-0.25, -0.2) is 9.97 Å². The standard InChI is InChI=1S/C16H22N4O/c1-10-2-3-18-13(19-10)14(21)20-16-7-11-4-12(8-16)6-15(17,5-11)9-16/h2-3,11-12H,4-9,17H2,1H3,(H,20,21). The number of hydrogen-bond donors (Lipinski definition) is 2. The molecule has 4 aliphatic rings. The lowest BCUT2D eigenvalue weighted by atomic mass is 9.50. The first-order valence-corrected chi connectivity index (χ1v) is 7.86. The number of amides is 1. The van der Waals surface area contributed by atoms with E-state index in [4.69, 9.17) is 5.73 Å². The highest BCUT2D eigenvalue weighted by molar-refractivity contribution is 5.91. The van der Waals surface area contributed by atoms with Gasteiger partial charge in [-0.1, -0.05) is 0 Å². The van der Waals surface area contributed by atoms with Crippen molar-refractivity contribution in [3.63, 3.8) is 0 Å². The van der Waals surface area contributed by atoms with Gasteiger partial charge < -0.3 is 11.1 Å². The van der Waals surface area contributed by atoms with Crippen LogP contribution < -0.4 is 11.1 Å². The van der Waals surface area contributed by atoms with E-state index in [1.54, 1.807) is 12.3 Å². The van der Waals surface area contributed by atoms with Crippen molar-refractivity contribution in [1.82, 2.24) is 15.3 Å². The van der Waals surface area contributed by atoms with Crippen molar-refractivity contribution < 1.29 is 4.79 Å². The van der Waals surface area contributed by atoms with Gasteiger partial charge in [-0.3, -0.25) is 4.79 Å². The Morgan fingerprint density at radius 1 is 1.33 bits per heavy atom. The molecule has 2 unspecified atom stereocenters. The normalized spacial score (nSPS) is 40.3. The van der Waals surface area contributed by atoms with Crippen LogP contribution in [-0.4, -0.2) is 27.0 Å². The van der Waals surface area contributed by atoms with Gasteiger partial charge in [0.05, 0.1) is 0 Å². The van der Waals surface area contributed by atoms with E-state index in [0.29, 0.717) is 11.8 Å². The third-order valence-corrected chi connectivity index (χ3v) is 5.48. The molecule has 4 fully saturated rings. The number of rotatable bonds is 2. The number of hydrogen-bond acceptors (Lipinski definition) is 4. The van der Waals surface area contributed by atoms with Crippen LogP contribution in [0.5, 0.6) is 0 Å². The fourth-order valence-corrected chi connectivity index (χ4v) is 5.33. The van der Waals surface area contributed by atoms with E-state index in [-0.39, 0.29) is 22.8 Å². The number of aromatic nitrogens is 2. The minimum atomic E-state index is -0.149. The number of nitrogens with one attached hydrogen (secondary N) is 1. The van der Waals surface area contributed by atoms with Crippen molar-refractivity contribution in [3.8, 4) is 0 Å². The van der Waals surface area contributed by atoms with E-state index < -0.39 is 0 Å². The SMILES string of the molecule is Cc1ccnc(C(=O)NC23CC4CC(CC(N)(C4)C2)C3)n1. The summed E-state index contributed by atoms with van der Waals surface area (Å²) >= 11 is 0. The Labute approximate surface area is 124 Å². The van der Waals surface area contributed by atoms with Gasteiger partial charge in [0.25, 0.3) is 5.91 Å². The summed E-state index contributed by atoms with van der Waals surface area (Å²) in [5, 5.41) is 3.25. The molecule has 21 heavy (non-hydrogen) atoms. The number of nitrogens with zero attached hydrogens (tertiary/aromatic N) is 2. The molecule has 1 aromatic rings. The highest BCUT2D eigenvalue weighted by Crippen LogP contribution is 2.56. The van der Waals surface area contributed by atoms with Gasteiger partial charge in [0.15, 0.2) is 0 Å². The Kier molecular flexibility index (Phi) is 2.67. The van der Waals surface area contributed by atoms with Gasteiger partial charge in [0, 0.05) is 23.0 Å².